The molecule has 8 nitrogen and oxygen atoms in total. The molecule has 0 aliphatic carbocycles. The van der Waals surface area contributed by atoms with Crippen LogP contribution in [0.5, 0.6) is 0 Å². The molecule has 2 heterocycles. The first-order valence-electron chi connectivity index (χ1n) is 10.1. The summed E-state index contributed by atoms with van der Waals surface area (Å²) >= 11 is 5.93. The number of nitrogens with zero attached hydrogens (tertiary/aromatic N) is 4. The number of amides is 1. The number of carbonyl (C=O) groups is 1. The van der Waals surface area contributed by atoms with E-state index in [9.17, 15) is 9.59 Å². The first-order chi connectivity index (χ1) is 14.5. The van der Waals surface area contributed by atoms with E-state index in [0.29, 0.717) is 22.8 Å². The van der Waals surface area contributed by atoms with Crippen molar-refractivity contribution in [3.8, 4) is 11.3 Å². The molecule has 2 aromatic heterocycles. The van der Waals surface area contributed by atoms with E-state index in [1.54, 1.807) is 24.3 Å². The van der Waals surface area contributed by atoms with Gasteiger partial charge in [0.15, 0.2) is 0 Å². The van der Waals surface area contributed by atoms with Crippen molar-refractivity contribution in [2.75, 3.05) is 26.2 Å². The molecule has 0 saturated carbocycles. The van der Waals surface area contributed by atoms with Crippen LogP contribution in [0.4, 0.5) is 0 Å². The summed E-state index contributed by atoms with van der Waals surface area (Å²) in [6.07, 6.45) is 3.45. The van der Waals surface area contributed by atoms with Crippen LogP contribution >= 0.6 is 11.6 Å². The molecule has 1 amide bonds. The Kier molecular flexibility index (Phi) is 7.59. The van der Waals surface area contributed by atoms with Gasteiger partial charge in [-0.15, -0.1) is 0 Å². The van der Waals surface area contributed by atoms with Crippen LogP contribution in [0.1, 0.15) is 26.7 Å². The van der Waals surface area contributed by atoms with E-state index < -0.39 is 0 Å². The third-order valence-corrected chi connectivity index (χ3v) is 4.98. The highest BCUT2D eigenvalue weighted by molar-refractivity contribution is 6.30. The summed E-state index contributed by atoms with van der Waals surface area (Å²) in [6.45, 7) is 7.49. The summed E-state index contributed by atoms with van der Waals surface area (Å²) in [5.41, 5.74) is 0.825. The summed E-state index contributed by atoms with van der Waals surface area (Å²) in [6, 6.07) is 6.92. The Bertz CT molecular complexity index is 1040. The monoisotopic (exact) mass is 431 g/mol. The van der Waals surface area contributed by atoms with E-state index in [0.717, 1.165) is 32.5 Å². The molecule has 0 radical (unpaired) electrons. The molecule has 0 saturated heterocycles. The first kappa shape index (κ1) is 22.0. The van der Waals surface area contributed by atoms with Gasteiger partial charge in [-0.25, -0.2) is 4.98 Å². The third kappa shape index (κ3) is 5.25. The third-order valence-electron chi connectivity index (χ3n) is 4.72. The van der Waals surface area contributed by atoms with Gasteiger partial charge in [0.25, 0.3) is 11.3 Å². The number of benzene rings is 1. The Labute approximate surface area is 179 Å². The molecule has 0 atom stereocenters. The predicted molar refractivity (Wildman–Crippen MR) is 117 cm³/mol. The summed E-state index contributed by atoms with van der Waals surface area (Å²) in [5, 5.41) is 7.68. The smallest absolute Gasteiger partial charge is 0.267 e. The van der Waals surface area contributed by atoms with E-state index >= 15 is 0 Å². The van der Waals surface area contributed by atoms with Gasteiger partial charge in [-0.05, 0) is 38.1 Å². The lowest BCUT2D eigenvalue weighted by molar-refractivity contribution is -0.121. The number of rotatable bonds is 10. The number of carbonyl (C=O) groups excluding carboxylic acids is 1. The van der Waals surface area contributed by atoms with Crippen molar-refractivity contribution in [2.24, 2.45) is 0 Å². The lowest BCUT2D eigenvalue weighted by atomic mass is 10.1. The number of aromatic nitrogens is 3. The summed E-state index contributed by atoms with van der Waals surface area (Å²) in [5.74, 6) is -0.240. The fourth-order valence-corrected chi connectivity index (χ4v) is 3.46. The van der Waals surface area contributed by atoms with Crippen molar-refractivity contribution in [3.05, 3.63) is 46.0 Å². The van der Waals surface area contributed by atoms with Gasteiger partial charge in [-0.3, -0.25) is 14.2 Å². The molecule has 160 valence electrons. The SMILES string of the molecule is CCCN(CCC)CCNC(=O)Cn1cnc2onc(-c3ccc(Cl)cc3)c2c1=O. The zero-order valence-corrected chi connectivity index (χ0v) is 18.0. The fraction of sp³-hybridized carbons (Fsp3) is 0.429. The van der Waals surface area contributed by atoms with Gasteiger partial charge in [-0.2, -0.15) is 0 Å². The number of hydrogen-bond donors (Lipinski definition) is 1. The van der Waals surface area contributed by atoms with Crippen molar-refractivity contribution in [3.63, 3.8) is 0 Å². The summed E-state index contributed by atoms with van der Waals surface area (Å²) in [4.78, 5) is 31.8. The fourth-order valence-electron chi connectivity index (χ4n) is 3.33. The highest BCUT2D eigenvalue weighted by Gasteiger charge is 2.18. The van der Waals surface area contributed by atoms with Crippen LogP contribution in [0.25, 0.3) is 22.4 Å². The normalized spacial score (nSPS) is 11.3. The van der Waals surface area contributed by atoms with Gasteiger partial charge >= 0.3 is 0 Å². The van der Waals surface area contributed by atoms with E-state index in [4.69, 9.17) is 16.1 Å². The molecule has 0 unspecified atom stereocenters. The summed E-state index contributed by atoms with van der Waals surface area (Å²) < 4.78 is 6.47. The lowest BCUT2D eigenvalue weighted by Gasteiger charge is -2.20. The zero-order chi connectivity index (χ0) is 21.5. The molecule has 3 aromatic rings. The number of halogens is 1. The molecular formula is C21H26ClN5O3. The van der Waals surface area contributed by atoms with Crippen molar-refractivity contribution < 1.29 is 9.32 Å². The second kappa shape index (κ2) is 10.4. The van der Waals surface area contributed by atoms with Crippen LogP contribution in [0, 0.1) is 0 Å². The first-order valence-corrected chi connectivity index (χ1v) is 10.5. The Morgan fingerprint density at radius 2 is 1.87 bits per heavy atom. The topological polar surface area (TPSA) is 93.3 Å². The molecule has 0 bridgehead atoms. The number of fused-ring (bicyclic) bond motifs is 1. The molecule has 9 heteroatoms. The van der Waals surface area contributed by atoms with Gasteiger partial charge in [0.2, 0.25) is 5.91 Å². The Hall–Kier alpha value is -2.71. The van der Waals surface area contributed by atoms with Gasteiger partial charge in [0.05, 0.1) is 0 Å². The Morgan fingerprint density at radius 3 is 2.53 bits per heavy atom. The second-order valence-electron chi connectivity index (χ2n) is 7.09. The Morgan fingerprint density at radius 1 is 1.17 bits per heavy atom. The molecular weight excluding hydrogens is 406 g/mol. The predicted octanol–water partition coefficient (Wildman–Crippen LogP) is 2.94. The van der Waals surface area contributed by atoms with Gasteiger partial charge in [0, 0.05) is 23.7 Å². The van der Waals surface area contributed by atoms with E-state index in [1.165, 1.54) is 10.9 Å². The van der Waals surface area contributed by atoms with E-state index in [1.807, 2.05) is 0 Å². The van der Waals surface area contributed by atoms with Crippen LogP contribution in [0.2, 0.25) is 5.02 Å². The quantitative estimate of drug-likeness (QED) is 0.530. The van der Waals surface area contributed by atoms with Crippen molar-refractivity contribution >= 4 is 28.6 Å². The Balaban J connectivity index is 1.71. The van der Waals surface area contributed by atoms with Crippen LogP contribution in [0.15, 0.2) is 39.9 Å². The minimum atomic E-state index is -0.375. The maximum Gasteiger partial charge on any atom is 0.267 e. The molecule has 0 fully saturated rings. The average molecular weight is 432 g/mol. The summed E-state index contributed by atoms with van der Waals surface area (Å²) in [7, 11) is 0. The van der Waals surface area contributed by atoms with Gasteiger partial charge < -0.3 is 14.7 Å². The molecule has 0 aliphatic heterocycles. The highest BCUT2D eigenvalue weighted by Crippen LogP contribution is 2.25. The second-order valence-corrected chi connectivity index (χ2v) is 7.52. The maximum absolute atomic E-state index is 12.9. The largest absolute Gasteiger partial charge is 0.353 e. The minimum Gasteiger partial charge on any atom is -0.353 e. The van der Waals surface area contributed by atoms with Crippen LogP contribution in [-0.2, 0) is 11.3 Å². The molecule has 3 rings (SSSR count). The molecule has 1 aromatic carbocycles. The van der Waals surface area contributed by atoms with Crippen LogP contribution in [-0.4, -0.2) is 51.7 Å². The van der Waals surface area contributed by atoms with Gasteiger partial charge in [-0.1, -0.05) is 42.7 Å². The average Bonchev–Trinajstić information content (AvgIpc) is 3.16. The molecule has 1 N–H and O–H groups in total. The van der Waals surface area contributed by atoms with Crippen molar-refractivity contribution in [2.45, 2.75) is 33.2 Å². The van der Waals surface area contributed by atoms with E-state index in [2.05, 4.69) is 34.2 Å². The molecule has 0 spiro atoms. The van der Waals surface area contributed by atoms with Crippen LogP contribution in [0.3, 0.4) is 0 Å². The zero-order valence-electron chi connectivity index (χ0n) is 17.2. The number of hydrogen-bond acceptors (Lipinski definition) is 6. The number of nitrogens with one attached hydrogen (secondary N) is 1. The van der Waals surface area contributed by atoms with Crippen LogP contribution < -0.4 is 10.9 Å². The van der Waals surface area contributed by atoms with Crippen molar-refractivity contribution in [1.29, 1.82) is 0 Å². The van der Waals surface area contributed by atoms with Crippen molar-refractivity contribution in [1.82, 2.24) is 24.9 Å². The molecule has 0 aliphatic rings. The van der Waals surface area contributed by atoms with Gasteiger partial charge in [0.1, 0.15) is 24.0 Å². The standard InChI is InChI=1S/C21H26ClN5O3/c1-3-10-26(11-4-2)12-9-23-17(28)13-27-14-24-20-18(21(27)29)19(25-30-20)15-5-7-16(22)8-6-15/h5-8,14H,3-4,9-13H2,1-2H3,(H,23,28). The van der Waals surface area contributed by atoms with E-state index in [-0.39, 0.29) is 29.1 Å². The minimum absolute atomic E-state index is 0.117. The lowest BCUT2D eigenvalue weighted by Crippen LogP contribution is -2.38. The maximum atomic E-state index is 12.9. The highest BCUT2D eigenvalue weighted by atomic mass is 35.5. The molecule has 30 heavy (non-hydrogen) atoms.